The minimum Gasteiger partial charge on any atom is -0.448 e. The van der Waals surface area contributed by atoms with E-state index >= 15 is 0 Å². The number of halogens is 1. The Hall–Kier alpha value is -3.98. The molecule has 1 N–H and O–H groups in total. The van der Waals surface area contributed by atoms with Crippen LogP contribution in [0.1, 0.15) is 93.2 Å². The second-order valence-electron chi connectivity index (χ2n) is 16.3. The number of amides is 1. The van der Waals surface area contributed by atoms with Gasteiger partial charge in [-0.05, 0) is 101 Å². The summed E-state index contributed by atoms with van der Waals surface area (Å²) in [5, 5.41) is 11.6. The molecule has 276 valence electrons. The molecule has 7 nitrogen and oxygen atoms in total. The Kier molecular flexibility index (Phi) is 9.75. The number of ether oxygens (including phenoxy) is 2. The second kappa shape index (κ2) is 14.3. The predicted molar refractivity (Wildman–Crippen MR) is 214 cm³/mol. The fraction of sp³-hybridized carbons (Fsp3) is 0.422. The highest BCUT2D eigenvalue weighted by Crippen LogP contribution is 2.46. The summed E-state index contributed by atoms with van der Waals surface area (Å²) in [6.45, 7) is 13.1. The van der Waals surface area contributed by atoms with Gasteiger partial charge in [-0.25, -0.2) is 4.79 Å². The first-order valence-corrected chi connectivity index (χ1v) is 20.0. The number of morpholine rings is 1. The monoisotopic (exact) mass is 775 g/mol. The number of aryl methyl sites for hydroxylation is 1. The van der Waals surface area contributed by atoms with Crippen LogP contribution >= 0.6 is 15.9 Å². The summed E-state index contributed by atoms with van der Waals surface area (Å²) in [6.07, 6.45) is 4.15. The Bertz CT molecular complexity index is 2110. The molecule has 2 aromatic heterocycles. The van der Waals surface area contributed by atoms with Crippen LogP contribution in [-0.2, 0) is 22.4 Å². The SMILES string of the molecule is CCn1c(-c2cc(C3C[C@H]4COC[C@@H](C3)N4C(=O)OCC3c4ccccc4-c4ccccc43)cnc2C(C)C)c(CC(C)(C)CO)c2cc(Br)ccc21. The Morgan fingerprint density at radius 3 is 2.26 bits per heavy atom. The van der Waals surface area contributed by atoms with Crippen molar-refractivity contribution in [3.05, 3.63) is 111 Å². The molecule has 53 heavy (non-hydrogen) atoms. The van der Waals surface area contributed by atoms with E-state index in [4.69, 9.17) is 14.5 Å². The van der Waals surface area contributed by atoms with Crippen molar-refractivity contribution in [2.75, 3.05) is 26.4 Å². The molecule has 1 amide bonds. The van der Waals surface area contributed by atoms with Gasteiger partial charge in [-0.2, -0.15) is 0 Å². The molecule has 2 saturated heterocycles. The van der Waals surface area contributed by atoms with Crippen molar-refractivity contribution >= 4 is 32.9 Å². The molecule has 3 aromatic carbocycles. The third-order valence-corrected chi connectivity index (χ3v) is 12.3. The van der Waals surface area contributed by atoms with Gasteiger partial charge in [0, 0.05) is 46.2 Å². The zero-order chi connectivity index (χ0) is 37.0. The molecule has 8 heteroatoms. The van der Waals surface area contributed by atoms with Crippen LogP contribution in [0.15, 0.2) is 83.5 Å². The zero-order valence-corrected chi connectivity index (χ0v) is 33.0. The molecule has 5 aromatic rings. The first-order valence-electron chi connectivity index (χ1n) is 19.2. The van der Waals surface area contributed by atoms with E-state index in [1.807, 2.05) is 4.90 Å². The smallest absolute Gasteiger partial charge is 0.410 e. The lowest BCUT2D eigenvalue weighted by molar-refractivity contribution is -0.0704. The topological polar surface area (TPSA) is 76.8 Å². The van der Waals surface area contributed by atoms with Gasteiger partial charge in [0.1, 0.15) is 6.61 Å². The molecule has 0 spiro atoms. The first kappa shape index (κ1) is 36.0. The van der Waals surface area contributed by atoms with E-state index in [2.05, 4.69) is 134 Å². The van der Waals surface area contributed by atoms with Gasteiger partial charge in [0.05, 0.1) is 36.7 Å². The average Bonchev–Trinajstić information content (AvgIpc) is 3.63. The fourth-order valence-electron chi connectivity index (χ4n) is 9.26. The number of hydrogen-bond donors (Lipinski definition) is 1. The summed E-state index contributed by atoms with van der Waals surface area (Å²) in [5.41, 5.74) is 11.7. The highest BCUT2D eigenvalue weighted by molar-refractivity contribution is 9.10. The summed E-state index contributed by atoms with van der Waals surface area (Å²) in [4.78, 5) is 21.1. The Morgan fingerprint density at radius 1 is 0.981 bits per heavy atom. The van der Waals surface area contributed by atoms with Crippen LogP contribution in [0.25, 0.3) is 33.3 Å². The van der Waals surface area contributed by atoms with Crippen molar-refractivity contribution in [1.82, 2.24) is 14.5 Å². The second-order valence-corrected chi connectivity index (χ2v) is 17.2. The zero-order valence-electron chi connectivity index (χ0n) is 31.4. The molecule has 3 atom stereocenters. The number of aromatic nitrogens is 2. The minimum absolute atomic E-state index is 0.0246. The van der Waals surface area contributed by atoms with Crippen molar-refractivity contribution in [1.29, 1.82) is 0 Å². The Morgan fingerprint density at radius 2 is 1.64 bits per heavy atom. The van der Waals surface area contributed by atoms with Gasteiger partial charge >= 0.3 is 6.09 Å². The summed E-state index contributed by atoms with van der Waals surface area (Å²) in [5.74, 6) is 0.470. The molecule has 0 saturated carbocycles. The summed E-state index contributed by atoms with van der Waals surface area (Å²) in [7, 11) is 0. The molecular formula is C45H50BrN3O4. The van der Waals surface area contributed by atoms with E-state index in [0.717, 1.165) is 41.5 Å². The minimum atomic E-state index is -0.295. The summed E-state index contributed by atoms with van der Waals surface area (Å²) >= 11 is 3.74. The maximum Gasteiger partial charge on any atom is 0.410 e. The highest BCUT2D eigenvalue weighted by Gasteiger charge is 2.44. The van der Waals surface area contributed by atoms with Gasteiger partial charge in [0.25, 0.3) is 0 Å². The van der Waals surface area contributed by atoms with E-state index in [-0.39, 0.29) is 48.0 Å². The summed E-state index contributed by atoms with van der Waals surface area (Å²) < 4.78 is 15.7. The van der Waals surface area contributed by atoms with E-state index in [1.54, 1.807) is 0 Å². The van der Waals surface area contributed by atoms with Crippen LogP contribution in [-0.4, -0.2) is 64.2 Å². The number of rotatable bonds is 9. The number of pyridine rings is 1. The maximum absolute atomic E-state index is 14.0. The normalized spacial score (nSPS) is 19.8. The van der Waals surface area contributed by atoms with Gasteiger partial charge in [-0.15, -0.1) is 0 Å². The first-order chi connectivity index (χ1) is 25.6. The quantitative estimate of drug-likeness (QED) is 0.161. The van der Waals surface area contributed by atoms with E-state index in [9.17, 15) is 9.90 Å². The predicted octanol–water partition coefficient (Wildman–Crippen LogP) is 10.1. The Labute approximate surface area is 321 Å². The molecule has 3 aliphatic rings. The van der Waals surface area contributed by atoms with Gasteiger partial charge in [-0.3, -0.25) is 9.88 Å². The van der Waals surface area contributed by atoms with Crippen LogP contribution < -0.4 is 0 Å². The van der Waals surface area contributed by atoms with E-state index < -0.39 is 0 Å². The Balaban J connectivity index is 1.09. The van der Waals surface area contributed by atoms with Crippen molar-refractivity contribution < 1.29 is 19.4 Å². The molecule has 2 aliphatic heterocycles. The largest absolute Gasteiger partial charge is 0.448 e. The number of aliphatic hydroxyl groups is 1. The fourth-order valence-corrected chi connectivity index (χ4v) is 9.63. The molecule has 2 bridgehead atoms. The molecule has 8 rings (SSSR count). The third kappa shape index (κ3) is 6.51. The van der Waals surface area contributed by atoms with Crippen molar-refractivity contribution in [3.8, 4) is 22.4 Å². The van der Waals surface area contributed by atoms with Crippen molar-refractivity contribution in [3.63, 3.8) is 0 Å². The van der Waals surface area contributed by atoms with Gasteiger partial charge in [0.15, 0.2) is 0 Å². The van der Waals surface area contributed by atoms with Crippen LogP contribution in [0.3, 0.4) is 0 Å². The lowest BCUT2D eigenvalue weighted by Gasteiger charge is -2.47. The number of nitrogens with zero attached hydrogens (tertiary/aromatic N) is 3. The van der Waals surface area contributed by atoms with Crippen LogP contribution in [0.2, 0.25) is 0 Å². The molecule has 4 heterocycles. The average molecular weight is 777 g/mol. The number of carbonyl (C=O) groups is 1. The summed E-state index contributed by atoms with van der Waals surface area (Å²) in [6, 6.07) is 25.7. The van der Waals surface area contributed by atoms with Crippen molar-refractivity contribution in [2.24, 2.45) is 5.41 Å². The number of hydrogen-bond acceptors (Lipinski definition) is 5. The van der Waals surface area contributed by atoms with Crippen LogP contribution in [0.5, 0.6) is 0 Å². The molecular weight excluding hydrogens is 726 g/mol. The molecule has 1 unspecified atom stereocenters. The molecule has 1 aliphatic carbocycles. The molecule has 2 fully saturated rings. The van der Waals surface area contributed by atoms with Crippen LogP contribution in [0, 0.1) is 5.41 Å². The number of fused-ring (bicyclic) bond motifs is 6. The van der Waals surface area contributed by atoms with Crippen LogP contribution in [0.4, 0.5) is 4.79 Å². The molecule has 0 radical (unpaired) electrons. The highest BCUT2D eigenvalue weighted by atomic mass is 79.9. The van der Waals surface area contributed by atoms with E-state index in [0.29, 0.717) is 19.8 Å². The van der Waals surface area contributed by atoms with Crippen molar-refractivity contribution in [2.45, 2.75) is 90.3 Å². The number of benzene rings is 3. The number of carbonyl (C=O) groups excluding carboxylic acids is 1. The third-order valence-electron chi connectivity index (χ3n) is 11.8. The number of piperidine rings is 1. The van der Waals surface area contributed by atoms with E-state index in [1.165, 1.54) is 50.0 Å². The standard InChI is InChI=1S/C45H50BrN3O4/c1-6-48-41-16-15-30(46)20-37(41)39(21-45(4,5)26-50)43(48)38-19-29(22-47-42(38)27(2)3)28-17-31-23-52-24-32(18-28)49(31)44(51)53-25-40-35-13-9-7-11-33(35)34-12-8-10-14-36(34)40/h7-16,19-20,22,27-28,31-32,40,50H,6,17-18,21,23-26H2,1-5H3/t28?,31-,32+. The van der Waals surface area contributed by atoms with Gasteiger partial charge in [0.2, 0.25) is 0 Å². The van der Waals surface area contributed by atoms with Gasteiger partial charge < -0.3 is 19.1 Å². The lowest BCUT2D eigenvalue weighted by Crippen LogP contribution is -2.58. The van der Waals surface area contributed by atoms with Gasteiger partial charge in [-0.1, -0.05) is 92.2 Å². The lowest BCUT2D eigenvalue weighted by atomic mass is 9.80. The number of aliphatic hydroxyl groups excluding tert-OH is 1. The maximum atomic E-state index is 14.0.